The Bertz CT molecular complexity index is 211. The molecular formula is C10H23O4PSi. The van der Waals surface area contributed by atoms with Crippen molar-refractivity contribution in [2.75, 3.05) is 20.3 Å². The Balaban J connectivity index is 4.88. The van der Waals surface area contributed by atoms with Gasteiger partial charge in [-0.15, -0.1) is 0 Å². The van der Waals surface area contributed by atoms with Crippen molar-refractivity contribution in [3.63, 3.8) is 0 Å². The third-order valence-electron chi connectivity index (χ3n) is 1.97. The van der Waals surface area contributed by atoms with Crippen molar-refractivity contribution in [2.45, 2.75) is 38.8 Å². The number of hydrogen-bond donors (Lipinski definition) is 0. The molecule has 0 saturated heterocycles. The standard InChI is InChI=1S/C10H23O4PSi/c1-7-13-15(14-8-2)10(9(11)12-3)16(4,5)6/h10H,7-8H2,1-6H3. The molecule has 0 N–H and O–H groups in total. The molecule has 0 bridgehead atoms. The van der Waals surface area contributed by atoms with Gasteiger partial charge in [-0.1, -0.05) is 19.6 Å². The zero-order valence-electron chi connectivity index (χ0n) is 11.1. The molecule has 0 aromatic rings. The third-order valence-corrected chi connectivity index (χ3v) is 8.46. The highest BCUT2D eigenvalue weighted by Crippen LogP contribution is 2.47. The second kappa shape index (κ2) is 7.38. The molecule has 0 radical (unpaired) electrons. The molecule has 0 amide bonds. The molecule has 1 unspecified atom stereocenters. The minimum atomic E-state index is -1.70. The van der Waals surface area contributed by atoms with E-state index >= 15 is 0 Å². The molecule has 0 aliphatic carbocycles. The lowest BCUT2D eigenvalue weighted by molar-refractivity contribution is -0.138. The van der Waals surface area contributed by atoms with Gasteiger partial charge in [0.25, 0.3) is 0 Å². The molecule has 1 atom stereocenters. The molecule has 0 fully saturated rings. The predicted molar refractivity (Wildman–Crippen MR) is 69.3 cm³/mol. The van der Waals surface area contributed by atoms with Gasteiger partial charge < -0.3 is 13.8 Å². The fraction of sp³-hybridized carbons (Fsp3) is 0.900. The van der Waals surface area contributed by atoms with Crippen molar-refractivity contribution in [3.8, 4) is 0 Å². The Labute approximate surface area is 101 Å². The second-order valence-corrected chi connectivity index (χ2v) is 11.8. The van der Waals surface area contributed by atoms with E-state index < -0.39 is 16.4 Å². The number of methoxy groups -OCH3 is 1. The molecule has 6 heteroatoms. The molecule has 0 saturated carbocycles. The molecule has 0 rings (SSSR count). The van der Waals surface area contributed by atoms with Gasteiger partial charge in [0, 0.05) is 0 Å². The highest BCUT2D eigenvalue weighted by molar-refractivity contribution is 7.53. The summed E-state index contributed by atoms with van der Waals surface area (Å²) < 4.78 is 16.0. The summed E-state index contributed by atoms with van der Waals surface area (Å²) in [5.41, 5.74) is 0. The van der Waals surface area contributed by atoms with Gasteiger partial charge in [0.15, 0.2) is 8.38 Å². The predicted octanol–water partition coefficient (Wildman–Crippen LogP) is 2.79. The van der Waals surface area contributed by atoms with Crippen LogP contribution in [-0.2, 0) is 18.6 Å². The number of ether oxygens (including phenoxy) is 1. The summed E-state index contributed by atoms with van der Waals surface area (Å²) in [6.45, 7) is 11.3. The smallest absolute Gasteiger partial charge is 0.314 e. The summed E-state index contributed by atoms with van der Waals surface area (Å²) in [6, 6.07) is 0. The van der Waals surface area contributed by atoms with Crippen molar-refractivity contribution in [1.82, 2.24) is 0 Å². The summed E-state index contributed by atoms with van der Waals surface area (Å²) in [4.78, 5) is 11.8. The second-order valence-electron chi connectivity index (χ2n) is 4.41. The molecule has 96 valence electrons. The van der Waals surface area contributed by atoms with Crippen LogP contribution in [0.2, 0.25) is 19.6 Å². The molecule has 0 spiro atoms. The molecule has 16 heavy (non-hydrogen) atoms. The van der Waals surface area contributed by atoms with Crippen molar-refractivity contribution in [2.24, 2.45) is 0 Å². The van der Waals surface area contributed by atoms with Crippen LogP contribution in [0.1, 0.15) is 13.8 Å². The number of carbonyl (C=O) groups excluding carboxylic acids is 1. The van der Waals surface area contributed by atoms with Gasteiger partial charge in [0.1, 0.15) is 5.28 Å². The lowest BCUT2D eigenvalue weighted by Crippen LogP contribution is -2.44. The van der Waals surface area contributed by atoms with E-state index in [1.807, 2.05) is 13.8 Å². The van der Waals surface area contributed by atoms with Crippen LogP contribution < -0.4 is 0 Å². The van der Waals surface area contributed by atoms with Crippen LogP contribution in [0, 0.1) is 0 Å². The van der Waals surface area contributed by atoms with Crippen LogP contribution in [0.4, 0.5) is 0 Å². The van der Waals surface area contributed by atoms with Crippen LogP contribution in [0.3, 0.4) is 0 Å². The van der Waals surface area contributed by atoms with Gasteiger partial charge in [-0.25, -0.2) is 0 Å². The molecule has 0 aromatic carbocycles. The van der Waals surface area contributed by atoms with Crippen molar-refractivity contribution < 1.29 is 18.6 Å². The van der Waals surface area contributed by atoms with E-state index in [9.17, 15) is 4.79 Å². The topological polar surface area (TPSA) is 44.8 Å². The Morgan fingerprint density at radius 2 is 1.62 bits per heavy atom. The fourth-order valence-electron chi connectivity index (χ4n) is 1.31. The van der Waals surface area contributed by atoms with Gasteiger partial charge in [-0.05, 0) is 13.8 Å². The number of carbonyl (C=O) groups is 1. The minimum absolute atomic E-state index is 0.202. The van der Waals surface area contributed by atoms with Crippen LogP contribution in [-0.4, -0.2) is 39.6 Å². The monoisotopic (exact) mass is 266 g/mol. The van der Waals surface area contributed by atoms with E-state index in [1.54, 1.807) is 0 Å². The lowest BCUT2D eigenvalue weighted by atomic mass is 10.8. The highest BCUT2D eigenvalue weighted by Gasteiger charge is 2.42. The van der Waals surface area contributed by atoms with Gasteiger partial charge in [-0.3, -0.25) is 4.79 Å². The molecule has 0 aliphatic rings. The van der Waals surface area contributed by atoms with Gasteiger partial charge in [-0.2, -0.15) is 0 Å². The summed E-state index contributed by atoms with van der Waals surface area (Å²) in [7, 11) is -1.46. The summed E-state index contributed by atoms with van der Waals surface area (Å²) in [5.74, 6) is -0.202. The van der Waals surface area contributed by atoms with E-state index in [0.717, 1.165) is 0 Å². The number of esters is 1. The normalized spacial score (nSPS) is 13.9. The van der Waals surface area contributed by atoms with E-state index in [0.29, 0.717) is 13.2 Å². The zero-order chi connectivity index (χ0) is 12.8. The Morgan fingerprint density at radius 3 is 1.88 bits per heavy atom. The van der Waals surface area contributed by atoms with Gasteiger partial charge >= 0.3 is 5.97 Å². The van der Waals surface area contributed by atoms with E-state index in [4.69, 9.17) is 13.8 Å². The fourth-order valence-corrected chi connectivity index (χ4v) is 6.27. The highest BCUT2D eigenvalue weighted by atomic mass is 31.2. The quantitative estimate of drug-likeness (QED) is 0.404. The maximum atomic E-state index is 11.8. The van der Waals surface area contributed by atoms with E-state index in [-0.39, 0.29) is 11.3 Å². The maximum Gasteiger partial charge on any atom is 0.314 e. The SMILES string of the molecule is CCOP(OCC)C(C(=O)OC)[Si](C)(C)C. The largest absolute Gasteiger partial charge is 0.469 e. The maximum absolute atomic E-state index is 11.8. The van der Waals surface area contributed by atoms with Gasteiger partial charge in [0.05, 0.1) is 28.4 Å². The first-order valence-electron chi connectivity index (χ1n) is 5.51. The molecular weight excluding hydrogens is 243 g/mol. The summed E-state index contributed by atoms with van der Waals surface area (Å²) in [5, 5.41) is -0.215. The molecule has 0 aliphatic heterocycles. The van der Waals surface area contributed by atoms with Crippen LogP contribution >= 0.6 is 8.38 Å². The number of rotatable bonds is 7. The van der Waals surface area contributed by atoms with E-state index in [1.165, 1.54) is 7.11 Å². The van der Waals surface area contributed by atoms with Crippen LogP contribution in [0.25, 0.3) is 0 Å². The third kappa shape index (κ3) is 4.91. The first-order chi connectivity index (χ1) is 7.38. The van der Waals surface area contributed by atoms with Crippen molar-refractivity contribution in [1.29, 1.82) is 0 Å². The Hall–Kier alpha value is 0.0369. The lowest BCUT2D eigenvalue weighted by Gasteiger charge is -2.31. The Kier molecular flexibility index (Phi) is 7.40. The summed E-state index contributed by atoms with van der Waals surface area (Å²) >= 11 is 0. The Morgan fingerprint density at radius 1 is 1.19 bits per heavy atom. The molecule has 0 heterocycles. The first kappa shape index (κ1) is 16.0. The van der Waals surface area contributed by atoms with Crippen LogP contribution in [0.15, 0.2) is 0 Å². The first-order valence-corrected chi connectivity index (χ1v) is 10.3. The van der Waals surface area contributed by atoms with Crippen LogP contribution in [0.5, 0.6) is 0 Å². The van der Waals surface area contributed by atoms with E-state index in [2.05, 4.69) is 19.6 Å². The average molecular weight is 266 g/mol. The van der Waals surface area contributed by atoms with Crippen molar-refractivity contribution in [3.05, 3.63) is 0 Å². The van der Waals surface area contributed by atoms with Crippen molar-refractivity contribution >= 4 is 22.4 Å². The summed E-state index contributed by atoms with van der Waals surface area (Å²) in [6.07, 6.45) is 0. The number of hydrogen-bond acceptors (Lipinski definition) is 4. The molecule has 4 nitrogen and oxygen atoms in total. The van der Waals surface area contributed by atoms with Gasteiger partial charge in [0.2, 0.25) is 0 Å². The zero-order valence-corrected chi connectivity index (χ0v) is 13.0. The molecule has 0 aromatic heterocycles. The minimum Gasteiger partial charge on any atom is -0.469 e. The average Bonchev–Trinajstić information content (AvgIpc) is 2.16.